The van der Waals surface area contributed by atoms with Crippen LogP contribution in [0.4, 0.5) is 0 Å². The fourth-order valence-corrected chi connectivity index (χ4v) is 2.45. The summed E-state index contributed by atoms with van der Waals surface area (Å²) >= 11 is 0. The van der Waals surface area contributed by atoms with E-state index >= 15 is 0 Å². The van der Waals surface area contributed by atoms with Crippen molar-refractivity contribution < 1.29 is 19.5 Å². The van der Waals surface area contributed by atoms with Crippen LogP contribution in [0.5, 0.6) is 0 Å². The Morgan fingerprint density at radius 2 is 1.67 bits per heavy atom. The van der Waals surface area contributed by atoms with Crippen molar-refractivity contribution in [3.8, 4) is 0 Å². The van der Waals surface area contributed by atoms with Crippen molar-refractivity contribution >= 4 is 17.8 Å². The first-order chi connectivity index (χ1) is 10.1. The molecular weight excluding hydrogens is 274 g/mol. The fourth-order valence-electron chi connectivity index (χ4n) is 2.45. The van der Waals surface area contributed by atoms with Crippen LogP contribution < -0.4 is 10.6 Å². The summed E-state index contributed by atoms with van der Waals surface area (Å²) in [5, 5.41) is 14.7. The number of carbonyl (C=O) groups excluding carboxylic acids is 2. The number of rotatable bonds is 7. The summed E-state index contributed by atoms with van der Waals surface area (Å²) in [6.07, 6.45) is 3.03. The topological polar surface area (TPSA) is 98.7 Å². The molecule has 1 saturated carbocycles. The molecule has 7 heteroatoms. The highest BCUT2D eigenvalue weighted by Gasteiger charge is 2.29. The third-order valence-electron chi connectivity index (χ3n) is 4.02. The van der Waals surface area contributed by atoms with Crippen molar-refractivity contribution in [2.45, 2.75) is 25.7 Å². The standard InChI is InChI=1S/C14H23N3O4/c18-12(17-7-3-11(4-8-17)14(20)21)9-15-5-6-16-13(19)10-1-2-10/h10-11,15H,1-9H2,(H,16,19)(H,20,21). The summed E-state index contributed by atoms with van der Waals surface area (Å²) in [5.41, 5.74) is 0. The molecule has 0 bridgehead atoms. The molecule has 118 valence electrons. The van der Waals surface area contributed by atoms with E-state index in [1.807, 2.05) is 0 Å². The molecule has 21 heavy (non-hydrogen) atoms. The van der Waals surface area contributed by atoms with Crippen molar-refractivity contribution in [1.29, 1.82) is 0 Å². The Labute approximate surface area is 124 Å². The predicted octanol–water partition coefficient (Wildman–Crippen LogP) is -0.575. The van der Waals surface area contributed by atoms with E-state index in [1.54, 1.807) is 4.90 Å². The van der Waals surface area contributed by atoms with Crippen LogP contribution in [0.25, 0.3) is 0 Å². The maximum Gasteiger partial charge on any atom is 0.306 e. The number of carboxylic acid groups (broad SMARTS) is 1. The number of hydrogen-bond acceptors (Lipinski definition) is 4. The van der Waals surface area contributed by atoms with Crippen LogP contribution in [0, 0.1) is 11.8 Å². The molecule has 0 radical (unpaired) electrons. The van der Waals surface area contributed by atoms with Crippen molar-refractivity contribution in [2.75, 3.05) is 32.7 Å². The van der Waals surface area contributed by atoms with Crippen LogP contribution in [0.2, 0.25) is 0 Å². The van der Waals surface area contributed by atoms with Crippen LogP contribution in [0.3, 0.4) is 0 Å². The highest BCUT2D eigenvalue weighted by atomic mass is 16.4. The Morgan fingerprint density at radius 3 is 2.24 bits per heavy atom. The van der Waals surface area contributed by atoms with Gasteiger partial charge in [0, 0.05) is 32.1 Å². The summed E-state index contributed by atoms with van der Waals surface area (Å²) in [5.74, 6) is -0.778. The monoisotopic (exact) mass is 297 g/mol. The quantitative estimate of drug-likeness (QED) is 0.546. The van der Waals surface area contributed by atoms with Crippen molar-refractivity contribution in [2.24, 2.45) is 11.8 Å². The number of piperidine rings is 1. The van der Waals surface area contributed by atoms with Gasteiger partial charge in [-0.05, 0) is 25.7 Å². The second-order valence-electron chi connectivity index (χ2n) is 5.74. The van der Waals surface area contributed by atoms with Crippen LogP contribution in [0.1, 0.15) is 25.7 Å². The van der Waals surface area contributed by atoms with Crippen molar-refractivity contribution in [1.82, 2.24) is 15.5 Å². The zero-order valence-corrected chi connectivity index (χ0v) is 12.1. The molecule has 0 atom stereocenters. The smallest absolute Gasteiger partial charge is 0.306 e. The number of carboxylic acids is 1. The van der Waals surface area contributed by atoms with Gasteiger partial charge in [-0.1, -0.05) is 0 Å². The highest BCUT2D eigenvalue weighted by Crippen LogP contribution is 2.28. The van der Waals surface area contributed by atoms with E-state index in [0.717, 1.165) is 12.8 Å². The minimum absolute atomic E-state index is 0.00708. The van der Waals surface area contributed by atoms with E-state index < -0.39 is 5.97 Å². The molecule has 0 spiro atoms. The minimum Gasteiger partial charge on any atom is -0.481 e. The lowest BCUT2D eigenvalue weighted by Gasteiger charge is -2.30. The Hall–Kier alpha value is -1.63. The van der Waals surface area contributed by atoms with Gasteiger partial charge in [-0.2, -0.15) is 0 Å². The van der Waals surface area contributed by atoms with Gasteiger partial charge in [0.25, 0.3) is 0 Å². The molecule has 0 aromatic rings. The molecule has 7 nitrogen and oxygen atoms in total. The van der Waals surface area contributed by atoms with Gasteiger partial charge in [0.05, 0.1) is 12.5 Å². The molecule has 2 fully saturated rings. The number of nitrogens with zero attached hydrogens (tertiary/aromatic N) is 1. The third kappa shape index (κ3) is 5.00. The second-order valence-corrected chi connectivity index (χ2v) is 5.74. The number of hydrogen-bond donors (Lipinski definition) is 3. The van der Waals surface area contributed by atoms with E-state index in [1.165, 1.54) is 0 Å². The van der Waals surface area contributed by atoms with E-state index in [9.17, 15) is 14.4 Å². The molecule has 2 aliphatic rings. The molecular formula is C14H23N3O4. The highest BCUT2D eigenvalue weighted by molar-refractivity contribution is 5.81. The Balaban J connectivity index is 1.53. The number of likely N-dealkylation sites (tertiary alicyclic amines) is 1. The fraction of sp³-hybridized carbons (Fsp3) is 0.786. The summed E-state index contributed by atoms with van der Waals surface area (Å²) in [4.78, 5) is 35.8. The summed E-state index contributed by atoms with van der Waals surface area (Å²) in [7, 11) is 0. The summed E-state index contributed by atoms with van der Waals surface area (Å²) in [6, 6.07) is 0. The maximum absolute atomic E-state index is 11.9. The number of nitrogens with one attached hydrogen (secondary N) is 2. The van der Waals surface area contributed by atoms with Gasteiger partial charge in [-0.15, -0.1) is 0 Å². The molecule has 0 aromatic carbocycles. The molecule has 1 saturated heterocycles. The van der Waals surface area contributed by atoms with Gasteiger partial charge in [-0.25, -0.2) is 0 Å². The van der Waals surface area contributed by atoms with E-state index in [2.05, 4.69) is 10.6 Å². The number of aliphatic carboxylic acids is 1. The first-order valence-corrected chi connectivity index (χ1v) is 7.57. The average molecular weight is 297 g/mol. The number of amides is 2. The van der Waals surface area contributed by atoms with Crippen LogP contribution in [-0.4, -0.2) is 60.5 Å². The Kier molecular flexibility index (Phi) is 5.55. The van der Waals surface area contributed by atoms with Gasteiger partial charge in [0.15, 0.2) is 0 Å². The molecule has 3 N–H and O–H groups in total. The van der Waals surface area contributed by atoms with Gasteiger partial charge in [0.1, 0.15) is 0 Å². The van der Waals surface area contributed by atoms with Gasteiger partial charge in [-0.3, -0.25) is 14.4 Å². The normalized spacial score (nSPS) is 19.3. The Morgan fingerprint density at radius 1 is 1.00 bits per heavy atom. The average Bonchev–Trinajstić information content (AvgIpc) is 3.31. The largest absolute Gasteiger partial charge is 0.481 e. The minimum atomic E-state index is -0.772. The van der Waals surface area contributed by atoms with E-state index in [-0.39, 0.29) is 30.2 Å². The lowest BCUT2D eigenvalue weighted by atomic mass is 9.97. The summed E-state index contributed by atoms with van der Waals surface area (Å²) < 4.78 is 0. The third-order valence-corrected chi connectivity index (χ3v) is 4.02. The zero-order valence-electron chi connectivity index (χ0n) is 12.1. The summed E-state index contributed by atoms with van der Waals surface area (Å²) in [6.45, 7) is 2.35. The Bertz CT molecular complexity index is 401. The van der Waals surface area contributed by atoms with Crippen LogP contribution in [0.15, 0.2) is 0 Å². The first kappa shape index (κ1) is 15.8. The van der Waals surface area contributed by atoms with Crippen LogP contribution in [-0.2, 0) is 14.4 Å². The van der Waals surface area contributed by atoms with Gasteiger partial charge < -0.3 is 20.6 Å². The maximum atomic E-state index is 11.9. The SMILES string of the molecule is O=C(O)C1CCN(C(=O)CNCCNC(=O)C2CC2)CC1. The van der Waals surface area contributed by atoms with Gasteiger partial charge >= 0.3 is 5.97 Å². The molecule has 2 rings (SSSR count). The number of carbonyl (C=O) groups is 3. The zero-order chi connectivity index (χ0) is 15.2. The van der Waals surface area contributed by atoms with E-state index in [0.29, 0.717) is 39.0 Å². The molecule has 2 amide bonds. The van der Waals surface area contributed by atoms with Crippen molar-refractivity contribution in [3.63, 3.8) is 0 Å². The van der Waals surface area contributed by atoms with Crippen LogP contribution >= 0.6 is 0 Å². The molecule has 1 aliphatic carbocycles. The molecule has 0 aromatic heterocycles. The predicted molar refractivity (Wildman–Crippen MR) is 75.5 cm³/mol. The molecule has 1 aliphatic heterocycles. The molecule has 1 heterocycles. The lowest BCUT2D eigenvalue weighted by Crippen LogP contribution is -2.45. The lowest BCUT2D eigenvalue weighted by molar-refractivity contribution is -0.145. The van der Waals surface area contributed by atoms with E-state index in [4.69, 9.17) is 5.11 Å². The second kappa shape index (κ2) is 7.40. The van der Waals surface area contributed by atoms with Crippen molar-refractivity contribution in [3.05, 3.63) is 0 Å². The molecule has 0 unspecified atom stereocenters. The van der Waals surface area contributed by atoms with Gasteiger partial charge in [0.2, 0.25) is 11.8 Å². The first-order valence-electron chi connectivity index (χ1n) is 7.57.